The van der Waals surface area contributed by atoms with Crippen LogP contribution in [0.3, 0.4) is 0 Å². The van der Waals surface area contributed by atoms with Gasteiger partial charge in [0.25, 0.3) is 0 Å². The Morgan fingerprint density at radius 2 is 2.24 bits per heavy atom. The van der Waals surface area contributed by atoms with Crippen LogP contribution in [-0.2, 0) is 11.2 Å². The number of hydrogen-bond acceptors (Lipinski definition) is 1. The van der Waals surface area contributed by atoms with E-state index in [9.17, 15) is 4.79 Å². The van der Waals surface area contributed by atoms with Crippen LogP contribution in [0.4, 0.5) is 0 Å². The summed E-state index contributed by atoms with van der Waals surface area (Å²) in [5.74, 6) is 0.337. The molecule has 0 saturated carbocycles. The van der Waals surface area contributed by atoms with Crippen LogP contribution < -0.4 is 0 Å². The molecule has 1 amide bonds. The average molecular weight is 230 g/mol. The van der Waals surface area contributed by atoms with Crippen LogP contribution in [0.1, 0.15) is 43.2 Å². The summed E-state index contributed by atoms with van der Waals surface area (Å²) in [5, 5.41) is 0. The maximum atomic E-state index is 11.8. The number of carbonyl (C=O) groups is 1. The van der Waals surface area contributed by atoms with E-state index in [0.717, 1.165) is 12.8 Å². The molecule has 0 radical (unpaired) electrons. The zero-order chi connectivity index (χ0) is 12.9. The molecule has 1 saturated heterocycles. The van der Waals surface area contributed by atoms with Crippen molar-refractivity contribution in [3.05, 3.63) is 34.9 Å². The summed E-state index contributed by atoms with van der Waals surface area (Å²) < 4.78 is 8.25. The first-order valence-corrected chi connectivity index (χ1v) is 6.35. The van der Waals surface area contributed by atoms with E-state index in [-0.39, 0.29) is 24.3 Å². The van der Waals surface area contributed by atoms with Crippen molar-refractivity contribution in [3.63, 3.8) is 0 Å². The molecule has 90 valence electrons. The Hall–Kier alpha value is -1.31. The van der Waals surface area contributed by atoms with Crippen molar-refractivity contribution in [1.29, 1.82) is 0 Å². The molecular formula is C15H19NO. The Bertz CT molecular complexity index is 499. The van der Waals surface area contributed by atoms with Crippen LogP contribution in [0.25, 0.3) is 0 Å². The lowest BCUT2D eigenvalue weighted by molar-refractivity contribution is -0.135. The Morgan fingerprint density at radius 1 is 1.41 bits per heavy atom. The van der Waals surface area contributed by atoms with E-state index in [4.69, 9.17) is 1.37 Å². The first-order valence-electron chi connectivity index (χ1n) is 6.93. The lowest BCUT2D eigenvalue weighted by Gasteiger charge is -2.43. The van der Waals surface area contributed by atoms with Gasteiger partial charge in [-0.05, 0) is 37.3 Å². The van der Waals surface area contributed by atoms with E-state index in [1.807, 2.05) is 11.9 Å². The summed E-state index contributed by atoms with van der Waals surface area (Å²) in [6, 6.07) is 6.77. The standard InChI is InChI=1S/C15H19NO/c1-10-3-5-12-11(9-10)4-7-14-13(12)6-8-15(17)16(14)2/h3,5,9,13-14H,4,6-8H2,1-2H3/i6D. The number of piperidine rings is 1. The van der Waals surface area contributed by atoms with Crippen molar-refractivity contribution < 1.29 is 6.17 Å². The Labute approximate surface area is 104 Å². The first-order chi connectivity index (χ1) is 8.58. The molecule has 3 unspecified atom stereocenters. The summed E-state index contributed by atoms with van der Waals surface area (Å²) in [5.41, 5.74) is 3.97. The summed E-state index contributed by atoms with van der Waals surface area (Å²) in [4.78, 5) is 13.7. The number of likely N-dealkylation sites (N-methyl/N-ethyl adjacent to an activating group) is 1. The van der Waals surface area contributed by atoms with E-state index in [1.165, 1.54) is 16.7 Å². The predicted octanol–water partition coefficient (Wildman–Crippen LogP) is 2.65. The van der Waals surface area contributed by atoms with Crippen LogP contribution in [0.5, 0.6) is 0 Å². The van der Waals surface area contributed by atoms with Gasteiger partial charge in [0.1, 0.15) is 0 Å². The maximum Gasteiger partial charge on any atom is 0.222 e. The van der Waals surface area contributed by atoms with Crippen molar-refractivity contribution in [1.82, 2.24) is 4.90 Å². The number of hydrogen-bond donors (Lipinski definition) is 0. The number of aryl methyl sites for hydroxylation is 2. The fraction of sp³-hybridized carbons (Fsp3) is 0.533. The van der Waals surface area contributed by atoms with Gasteiger partial charge in [-0.15, -0.1) is 0 Å². The lowest BCUT2D eigenvalue weighted by Crippen LogP contribution is -2.47. The minimum Gasteiger partial charge on any atom is -0.342 e. The van der Waals surface area contributed by atoms with E-state index >= 15 is 0 Å². The Balaban J connectivity index is 2.04. The molecule has 0 aromatic heterocycles. The number of benzene rings is 1. The van der Waals surface area contributed by atoms with E-state index < -0.39 is 0 Å². The van der Waals surface area contributed by atoms with E-state index in [0.29, 0.717) is 6.42 Å². The van der Waals surface area contributed by atoms with Gasteiger partial charge in [0.2, 0.25) is 5.91 Å². The Morgan fingerprint density at radius 3 is 3.06 bits per heavy atom. The second kappa shape index (κ2) is 3.86. The first kappa shape index (κ1) is 9.69. The normalized spacial score (nSPS) is 32.8. The third-order valence-electron chi connectivity index (χ3n) is 4.22. The molecule has 1 heterocycles. The number of carbonyl (C=O) groups excluding carboxylic acids is 1. The van der Waals surface area contributed by atoms with Gasteiger partial charge in [0, 0.05) is 26.8 Å². The summed E-state index contributed by atoms with van der Waals surface area (Å²) in [7, 11) is 1.89. The molecule has 0 bridgehead atoms. The highest BCUT2D eigenvalue weighted by atomic mass is 16.2. The highest BCUT2D eigenvalue weighted by Gasteiger charge is 2.37. The second-order valence-corrected chi connectivity index (χ2v) is 5.28. The topological polar surface area (TPSA) is 20.3 Å². The van der Waals surface area contributed by atoms with Gasteiger partial charge in [0.15, 0.2) is 0 Å². The number of fused-ring (bicyclic) bond motifs is 3. The monoisotopic (exact) mass is 230 g/mol. The highest BCUT2D eigenvalue weighted by molar-refractivity contribution is 5.77. The molecule has 3 rings (SSSR count). The third kappa shape index (κ3) is 1.67. The summed E-state index contributed by atoms with van der Waals surface area (Å²) in [6.07, 6.45) is 2.12. The van der Waals surface area contributed by atoms with Gasteiger partial charge in [-0.1, -0.05) is 23.8 Å². The van der Waals surface area contributed by atoms with Gasteiger partial charge in [-0.2, -0.15) is 0 Å². The van der Waals surface area contributed by atoms with Crippen LogP contribution >= 0.6 is 0 Å². The molecule has 2 aliphatic rings. The lowest BCUT2D eigenvalue weighted by atomic mass is 9.74. The molecule has 2 nitrogen and oxygen atoms in total. The zero-order valence-corrected chi connectivity index (χ0v) is 10.4. The maximum absolute atomic E-state index is 11.8. The smallest absolute Gasteiger partial charge is 0.222 e. The molecule has 1 aromatic rings. The molecule has 1 fully saturated rings. The fourth-order valence-corrected chi connectivity index (χ4v) is 3.24. The zero-order valence-electron chi connectivity index (χ0n) is 11.4. The predicted molar refractivity (Wildman–Crippen MR) is 68.0 cm³/mol. The second-order valence-electron chi connectivity index (χ2n) is 5.28. The number of amides is 1. The van der Waals surface area contributed by atoms with Gasteiger partial charge >= 0.3 is 0 Å². The van der Waals surface area contributed by atoms with Crippen LogP contribution in [0, 0.1) is 6.92 Å². The van der Waals surface area contributed by atoms with Crippen molar-refractivity contribution in [2.45, 2.75) is 44.5 Å². The Kier molecular flexibility index (Phi) is 2.20. The fourth-order valence-electron chi connectivity index (χ4n) is 3.24. The number of likely N-dealkylation sites (tertiary alicyclic amines) is 1. The minimum absolute atomic E-state index is 0.131. The van der Waals surface area contributed by atoms with Gasteiger partial charge in [-0.3, -0.25) is 4.79 Å². The van der Waals surface area contributed by atoms with Crippen LogP contribution in [0.15, 0.2) is 18.2 Å². The van der Waals surface area contributed by atoms with Crippen LogP contribution in [-0.4, -0.2) is 23.9 Å². The molecule has 1 aromatic carbocycles. The average Bonchev–Trinajstić information content (AvgIpc) is 2.34. The summed E-state index contributed by atoms with van der Waals surface area (Å²) >= 11 is 0. The highest BCUT2D eigenvalue weighted by Crippen LogP contribution is 2.40. The molecule has 2 heteroatoms. The molecule has 17 heavy (non-hydrogen) atoms. The largest absolute Gasteiger partial charge is 0.342 e. The van der Waals surface area contributed by atoms with E-state index in [1.54, 1.807) is 0 Å². The SMILES string of the molecule is [2H]C1CC(=O)N(C)C2CCc3cc(C)ccc3C12. The van der Waals surface area contributed by atoms with Gasteiger partial charge < -0.3 is 4.90 Å². The van der Waals surface area contributed by atoms with Crippen LogP contribution in [0.2, 0.25) is 0 Å². The number of rotatable bonds is 0. The quantitative estimate of drug-likeness (QED) is 0.671. The molecular weight excluding hydrogens is 210 g/mol. The van der Waals surface area contributed by atoms with Gasteiger partial charge in [0.05, 0.1) is 0 Å². The van der Waals surface area contributed by atoms with Crippen molar-refractivity contribution >= 4 is 5.91 Å². The molecule has 1 aliphatic heterocycles. The van der Waals surface area contributed by atoms with Crippen molar-refractivity contribution in [2.24, 2.45) is 0 Å². The molecule has 3 atom stereocenters. The third-order valence-corrected chi connectivity index (χ3v) is 4.22. The molecule has 0 N–H and O–H groups in total. The van der Waals surface area contributed by atoms with Gasteiger partial charge in [-0.25, -0.2) is 0 Å². The van der Waals surface area contributed by atoms with E-state index in [2.05, 4.69) is 25.1 Å². The summed E-state index contributed by atoms with van der Waals surface area (Å²) in [6.45, 7) is 2.11. The van der Waals surface area contributed by atoms with Crippen molar-refractivity contribution in [3.8, 4) is 0 Å². The molecule has 0 spiro atoms. The number of nitrogens with zero attached hydrogens (tertiary/aromatic N) is 1. The molecule has 1 aliphatic carbocycles. The minimum atomic E-state index is -0.277. The van der Waals surface area contributed by atoms with Crippen molar-refractivity contribution in [2.75, 3.05) is 7.05 Å².